The fraction of sp³-hybridized carbons (Fsp3) is 0.278. The zero-order valence-corrected chi connectivity index (χ0v) is 17.0. The molecule has 0 amide bonds. The highest BCUT2D eigenvalue weighted by Gasteiger charge is 2.38. The van der Waals surface area contributed by atoms with Crippen LogP contribution < -0.4 is 11.4 Å². The van der Waals surface area contributed by atoms with Crippen LogP contribution in [0.25, 0.3) is 16.9 Å². The number of carbonyl (C=O) groups is 1. The zero-order chi connectivity index (χ0) is 24.8. The van der Waals surface area contributed by atoms with Crippen molar-refractivity contribution >= 4 is 5.97 Å². The van der Waals surface area contributed by atoms with E-state index < -0.39 is 23.9 Å². The van der Waals surface area contributed by atoms with E-state index in [1.807, 2.05) is 13.1 Å². The van der Waals surface area contributed by atoms with Crippen molar-refractivity contribution in [2.75, 3.05) is 6.54 Å². The van der Waals surface area contributed by atoms with Gasteiger partial charge in [0.25, 0.3) is 6.08 Å². The molecule has 3 heterocycles. The van der Waals surface area contributed by atoms with Gasteiger partial charge in [0, 0.05) is 36.8 Å². The second-order valence-electron chi connectivity index (χ2n) is 6.31. The van der Waals surface area contributed by atoms with Gasteiger partial charge in [0.2, 0.25) is 0 Å². The smallest absolute Gasteiger partial charge is 0.475 e. The van der Waals surface area contributed by atoms with E-state index in [4.69, 9.17) is 15.6 Å². The Labute approximate surface area is 182 Å². The third kappa shape index (κ3) is 6.55. The zero-order valence-electron chi connectivity index (χ0n) is 17.0. The number of nitrogens with two attached hydrogens (primary N) is 1. The van der Waals surface area contributed by atoms with E-state index in [0.29, 0.717) is 11.4 Å². The van der Waals surface area contributed by atoms with Gasteiger partial charge < -0.3 is 10.8 Å². The minimum atomic E-state index is -5.08. The Bertz CT molecular complexity index is 1180. The van der Waals surface area contributed by atoms with Crippen LogP contribution in [-0.4, -0.2) is 53.3 Å². The number of nitrogens with one attached hydrogen (secondary N) is 1. The maximum Gasteiger partial charge on any atom is 0.490 e. The van der Waals surface area contributed by atoms with Crippen molar-refractivity contribution in [2.45, 2.75) is 26.1 Å². The molecule has 0 bridgehead atoms. The van der Waals surface area contributed by atoms with Gasteiger partial charge in [-0.25, -0.2) is 19.3 Å². The highest BCUT2D eigenvalue weighted by molar-refractivity contribution is 5.73. The van der Waals surface area contributed by atoms with Gasteiger partial charge in [-0.05, 0) is 19.1 Å². The average molecular weight is 475 g/mol. The molecule has 0 atom stereocenters. The van der Waals surface area contributed by atoms with Crippen LogP contribution in [0.15, 0.2) is 47.2 Å². The van der Waals surface area contributed by atoms with E-state index in [0.717, 1.165) is 12.1 Å². The van der Waals surface area contributed by atoms with Gasteiger partial charge in [0.05, 0.1) is 23.8 Å². The molecule has 0 unspecified atom stereocenters. The molecule has 10 nitrogen and oxygen atoms in total. The molecule has 15 heteroatoms. The number of aryl methyl sites for hydroxylation is 1. The van der Waals surface area contributed by atoms with Gasteiger partial charge in [0.15, 0.2) is 0 Å². The Kier molecular flexibility index (Phi) is 8.17. The maximum absolute atomic E-state index is 12.9. The van der Waals surface area contributed by atoms with Crippen LogP contribution in [0.1, 0.15) is 12.7 Å². The Hall–Kier alpha value is -3.88. The number of hydrogen-bond acceptors (Lipinski definition) is 6. The highest BCUT2D eigenvalue weighted by atomic mass is 19.4. The molecule has 0 saturated heterocycles. The molecule has 3 aromatic heterocycles. The lowest BCUT2D eigenvalue weighted by atomic mass is 10.2. The van der Waals surface area contributed by atoms with E-state index in [9.17, 15) is 26.7 Å². The second-order valence-corrected chi connectivity index (χ2v) is 6.31. The second kappa shape index (κ2) is 10.6. The number of rotatable bonds is 6. The highest BCUT2D eigenvalue weighted by Crippen LogP contribution is 2.19. The third-order valence-electron chi connectivity index (χ3n) is 4.13. The molecule has 0 saturated carbocycles. The number of halogens is 5. The fourth-order valence-electron chi connectivity index (χ4n) is 2.48. The maximum atomic E-state index is 12.9. The van der Waals surface area contributed by atoms with Crippen LogP contribution in [0, 0.1) is 0 Å². The first kappa shape index (κ1) is 25.4. The van der Waals surface area contributed by atoms with E-state index >= 15 is 0 Å². The van der Waals surface area contributed by atoms with E-state index in [1.54, 1.807) is 23.0 Å². The molecule has 0 aliphatic rings. The minimum absolute atomic E-state index is 0.136. The average Bonchev–Trinajstić information content (AvgIpc) is 3.38. The van der Waals surface area contributed by atoms with Crippen LogP contribution in [0.3, 0.4) is 0 Å². The Balaban J connectivity index is 0.000000479. The number of aliphatic carboxylic acids is 1. The summed E-state index contributed by atoms with van der Waals surface area (Å²) >= 11 is 0. The normalized spacial score (nSPS) is 11.0. The monoisotopic (exact) mass is 475 g/mol. The summed E-state index contributed by atoms with van der Waals surface area (Å²) in [5.41, 5.74) is 6.46. The summed E-state index contributed by atoms with van der Waals surface area (Å²) in [6.45, 7) is 2.40. The molecule has 178 valence electrons. The van der Waals surface area contributed by atoms with Crippen molar-refractivity contribution in [3.63, 3.8) is 0 Å². The number of alkyl halides is 3. The van der Waals surface area contributed by atoms with Gasteiger partial charge in [-0.2, -0.15) is 32.1 Å². The summed E-state index contributed by atoms with van der Waals surface area (Å²) in [6.07, 6.45) is -2.14. The summed E-state index contributed by atoms with van der Waals surface area (Å²) in [5.74, 6) is -2.62. The molecular weight excluding hydrogens is 457 g/mol. The Morgan fingerprint density at radius 3 is 2.36 bits per heavy atom. The van der Waals surface area contributed by atoms with Crippen LogP contribution in [0.4, 0.5) is 22.0 Å². The Morgan fingerprint density at radius 1 is 1.24 bits per heavy atom. The molecule has 0 spiro atoms. The summed E-state index contributed by atoms with van der Waals surface area (Å²) in [4.78, 5) is 25.3. The molecule has 3 aromatic rings. The number of nitrogens with zero attached hydrogens (tertiary/aromatic N) is 5. The van der Waals surface area contributed by atoms with Gasteiger partial charge >= 0.3 is 17.8 Å². The minimum Gasteiger partial charge on any atom is -0.475 e. The Morgan fingerprint density at radius 2 is 1.91 bits per heavy atom. The van der Waals surface area contributed by atoms with Crippen molar-refractivity contribution in [1.82, 2.24) is 29.5 Å². The van der Waals surface area contributed by atoms with E-state index in [2.05, 4.69) is 20.3 Å². The van der Waals surface area contributed by atoms with Crippen molar-refractivity contribution in [2.24, 2.45) is 5.73 Å². The van der Waals surface area contributed by atoms with Crippen molar-refractivity contribution in [3.8, 4) is 16.9 Å². The quantitative estimate of drug-likeness (QED) is 0.463. The number of carboxylic acid groups (broad SMARTS) is 1. The molecule has 4 N–H and O–H groups in total. The van der Waals surface area contributed by atoms with Crippen molar-refractivity contribution < 1.29 is 31.9 Å². The van der Waals surface area contributed by atoms with Crippen LogP contribution in [0.2, 0.25) is 0 Å². The topological polar surface area (TPSA) is 145 Å². The largest absolute Gasteiger partial charge is 0.490 e. The molecule has 0 aromatic carbocycles. The van der Waals surface area contributed by atoms with Crippen LogP contribution >= 0.6 is 0 Å². The molecule has 0 aliphatic heterocycles. The summed E-state index contributed by atoms with van der Waals surface area (Å²) in [7, 11) is 0. The third-order valence-corrected chi connectivity index (χ3v) is 4.13. The molecule has 0 aliphatic carbocycles. The fourth-order valence-corrected chi connectivity index (χ4v) is 2.48. The summed E-state index contributed by atoms with van der Waals surface area (Å²) in [6, 6.07) is 3.40. The van der Waals surface area contributed by atoms with E-state index in [1.165, 1.54) is 10.8 Å². The van der Waals surface area contributed by atoms with Gasteiger partial charge in [-0.1, -0.05) is 0 Å². The number of aromatic nitrogens is 6. The predicted octanol–water partition coefficient (Wildman–Crippen LogP) is 2.12. The lowest BCUT2D eigenvalue weighted by Gasteiger charge is -2.07. The number of H-pyrrole nitrogens is 1. The van der Waals surface area contributed by atoms with E-state index in [-0.39, 0.29) is 24.4 Å². The first-order chi connectivity index (χ1) is 15.5. The number of hydrogen-bond donors (Lipinski definition) is 3. The standard InChI is InChI=1S/C16H17F2N7O.C2HF3O2/c1-2-24-9-11(7-21-24)13-4-3-12(8-20-13)25-14(22-23-16(25)26)5-10(6-19)15(17)18;3-2(4,5)1(6)7/h3-4,7-9H,2,5-6,19H2,1H3,(H,23,26);(H,6,7). The summed E-state index contributed by atoms with van der Waals surface area (Å²) in [5, 5.41) is 17.4. The van der Waals surface area contributed by atoms with Crippen LogP contribution in [-0.2, 0) is 17.8 Å². The SMILES string of the molecule is CCn1cc(-c2ccc(-n3c(CC(CN)=C(F)F)n[nH]c3=O)cn2)cn1.O=C(O)C(F)(F)F. The molecule has 3 rings (SSSR count). The number of aromatic amines is 1. The number of pyridine rings is 1. The molecule has 0 fully saturated rings. The lowest BCUT2D eigenvalue weighted by Crippen LogP contribution is -2.21. The lowest BCUT2D eigenvalue weighted by molar-refractivity contribution is -0.192. The van der Waals surface area contributed by atoms with Crippen molar-refractivity contribution in [3.05, 3.63) is 58.7 Å². The van der Waals surface area contributed by atoms with Gasteiger partial charge in [-0.15, -0.1) is 0 Å². The van der Waals surface area contributed by atoms with Crippen molar-refractivity contribution in [1.29, 1.82) is 0 Å². The van der Waals surface area contributed by atoms with Crippen LogP contribution in [0.5, 0.6) is 0 Å². The molecule has 33 heavy (non-hydrogen) atoms. The first-order valence-corrected chi connectivity index (χ1v) is 9.16. The first-order valence-electron chi connectivity index (χ1n) is 9.16. The predicted molar refractivity (Wildman–Crippen MR) is 105 cm³/mol. The number of carboxylic acids is 1. The van der Waals surface area contributed by atoms with Gasteiger partial charge in [-0.3, -0.25) is 9.67 Å². The summed E-state index contributed by atoms with van der Waals surface area (Å²) < 4.78 is 60.4. The molecular formula is C18H18F5N7O3. The van der Waals surface area contributed by atoms with Gasteiger partial charge in [0.1, 0.15) is 5.82 Å². The molecule has 0 radical (unpaired) electrons.